The normalized spacial score (nSPS) is 13.9. The maximum Gasteiger partial charge on any atom is 0.290 e. The van der Waals surface area contributed by atoms with Gasteiger partial charge in [0.15, 0.2) is 0 Å². The first-order valence-corrected chi connectivity index (χ1v) is 6.73. The van der Waals surface area contributed by atoms with E-state index in [-0.39, 0.29) is 17.2 Å². The number of hydrogen-bond acceptors (Lipinski definition) is 4. The lowest BCUT2D eigenvalue weighted by atomic mass is 10.2. The van der Waals surface area contributed by atoms with Crippen LogP contribution in [0.4, 0.5) is 11.4 Å². The Hall–Kier alpha value is -3.17. The minimum Gasteiger partial charge on any atom is -0.506 e. The molecule has 0 fully saturated rings. The minimum atomic E-state index is -0.289. The van der Waals surface area contributed by atoms with Crippen LogP contribution >= 0.6 is 0 Å². The molecule has 0 spiro atoms. The Morgan fingerprint density at radius 3 is 2.50 bits per heavy atom. The van der Waals surface area contributed by atoms with E-state index < -0.39 is 0 Å². The van der Waals surface area contributed by atoms with Crippen molar-refractivity contribution in [2.75, 3.05) is 5.01 Å². The Bertz CT molecular complexity index is 819. The molecule has 1 aliphatic heterocycles. The number of phenolic OH excluding ortho intramolecular Hbond substituents is 1. The van der Waals surface area contributed by atoms with Crippen molar-refractivity contribution in [1.82, 2.24) is 0 Å². The molecule has 1 aliphatic rings. The molecule has 0 aromatic heterocycles. The van der Waals surface area contributed by atoms with E-state index in [2.05, 4.69) is 16.0 Å². The first-order chi connectivity index (χ1) is 10.7. The summed E-state index contributed by atoms with van der Waals surface area (Å²) in [4.78, 5) is 16.5. The summed E-state index contributed by atoms with van der Waals surface area (Å²) in [5.41, 5.74) is 1.86. The molecule has 5 nitrogen and oxygen atoms in total. The first-order valence-electron chi connectivity index (χ1n) is 6.73. The quantitative estimate of drug-likeness (QED) is 0.682. The highest BCUT2D eigenvalue weighted by atomic mass is 16.3. The summed E-state index contributed by atoms with van der Waals surface area (Å²) in [6.07, 6.45) is 0. The number of rotatable bonds is 2. The fourth-order valence-electron chi connectivity index (χ4n) is 2.05. The fraction of sp³-hybridized carbons (Fsp3) is 0.0588. The number of anilines is 1. The predicted octanol–water partition coefficient (Wildman–Crippen LogP) is 3.04. The van der Waals surface area contributed by atoms with Crippen LogP contribution in [-0.4, -0.2) is 22.6 Å². The monoisotopic (exact) mass is 291 g/mol. The Labute approximate surface area is 127 Å². The van der Waals surface area contributed by atoms with Crippen LogP contribution in [0.2, 0.25) is 0 Å². The number of aliphatic imine (C=N–C) groups is 1. The van der Waals surface area contributed by atoms with Crippen molar-refractivity contribution in [3.8, 4) is 5.75 Å². The van der Waals surface area contributed by atoms with Gasteiger partial charge in [-0.2, -0.15) is 10.1 Å². The third kappa shape index (κ3) is 2.53. The van der Waals surface area contributed by atoms with Gasteiger partial charge in [0.25, 0.3) is 5.91 Å². The maximum absolute atomic E-state index is 12.4. The average molecular weight is 291 g/mol. The van der Waals surface area contributed by atoms with E-state index in [9.17, 15) is 9.90 Å². The molecule has 0 saturated carbocycles. The number of aromatic hydroxyl groups is 1. The van der Waals surface area contributed by atoms with Crippen LogP contribution in [0.15, 0.2) is 70.3 Å². The highest BCUT2D eigenvalue weighted by Gasteiger charge is 2.28. The van der Waals surface area contributed by atoms with Crippen molar-refractivity contribution < 1.29 is 9.90 Å². The molecule has 22 heavy (non-hydrogen) atoms. The van der Waals surface area contributed by atoms with E-state index in [0.29, 0.717) is 17.1 Å². The van der Waals surface area contributed by atoms with Crippen molar-refractivity contribution in [1.29, 1.82) is 0 Å². The number of benzene rings is 2. The van der Waals surface area contributed by atoms with E-state index in [1.165, 1.54) is 11.1 Å². The molecular formula is C17H13N3O2. The zero-order chi connectivity index (χ0) is 15.5. The van der Waals surface area contributed by atoms with Gasteiger partial charge in [0.1, 0.15) is 17.0 Å². The van der Waals surface area contributed by atoms with Crippen LogP contribution in [0, 0.1) is 0 Å². The second-order valence-electron chi connectivity index (χ2n) is 4.73. The third-order valence-corrected chi connectivity index (χ3v) is 3.19. The van der Waals surface area contributed by atoms with Crippen LogP contribution in [0.25, 0.3) is 0 Å². The molecular weight excluding hydrogens is 278 g/mol. The molecule has 0 atom stereocenters. The topological polar surface area (TPSA) is 65.3 Å². The molecule has 3 rings (SSSR count). The minimum absolute atomic E-state index is 0.0375. The van der Waals surface area contributed by atoms with E-state index >= 15 is 0 Å². The highest BCUT2D eigenvalue weighted by molar-refractivity contribution is 6.34. The molecule has 1 heterocycles. The molecule has 0 radical (unpaired) electrons. The predicted molar refractivity (Wildman–Crippen MR) is 85.8 cm³/mol. The number of nitrogens with zero attached hydrogens (tertiary/aromatic N) is 3. The van der Waals surface area contributed by atoms with Gasteiger partial charge in [-0.1, -0.05) is 30.3 Å². The van der Waals surface area contributed by atoms with Gasteiger partial charge in [0.2, 0.25) is 0 Å². The number of hydrazone groups is 1. The number of carbonyl (C=O) groups excluding carboxylic acids is 1. The van der Waals surface area contributed by atoms with Crippen LogP contribution in [-0.2, 0) is 4.79 Å². The fourth-order valence-corrected chi connectivity index (χ4v) is 2.05. The van der Waals surface area contributed by atoms with Crippen molar-refractivity contribution >= 4 is 28.9 Å². The van der Waals surface area contributed by atoms with Crippen molar-refractivity contribution in [3.05, 3.63) is 60.2 Å². The zero-order valence-electron chi connectivity index (χ0n) is 11.9. The van der Waals surface area contributed by atoms with Gasteiger partial charge in [-0.05, 0) is 31.2 Å². The summed E-state index contributed by atoms with van der Waals surface area (Å²) < 4.78 is 0. The number of amides is 1. The van der Waals surface area contributed by atoms with Crippen LogP contribution in [0.3, 0.4) is 0 Å². The van der Waals surface area contributed by atoms with E-state index in [0.717, 1.165) is 0 Å². The van der Waals surface area contributed by atoms with Crippen molar-refractivity contribution in [2.24, 2.45) is 10.1 Å². The third-order valence-electron chi connectivity index (χ3n) is 3.19. The van der Waals surface area contributed by atoms with Crippen LogP contribution in [0.1, 0.15) is 6.92 Å². The van der Waals surface area contributed by atoms with Crippen molar-refractivity contribution in [2.45, 2.75) is 6.92 Å². The van der Waals surface area contributed by atoms with Crippen LogP contribution in [0.5, 0.6) is 5.75 Å². The van der Waals surface area contributed by atoms with Gasteiger partial charge < -0.3 is 5.11 Å². The molecule has 2 aromatic rings. The van der Waals surface area contributed by atoms with Gasteiger partial charge >= 0.3 is 0 Å². The molecule has 108 valence electrons. The number of hydrogen-bond donors (Lipinski definition) is 1. The SMILES string of the molecule is CC1=NN(c2ccccc2)C(=O)C1=C=Nc1ccccc1O. The van der Waals surface area contributed by atoms with E-state index in [4.69, 9.17) is 0 Å². The molecule has 0 unspecified atom stereocenters. The Morgan fingerprint density at radius 2 is 1.77 bits per heavy atom. The largest absolute Gasteiger partial charge is 0.506 e. The Balaban J connectivity index is 1.97. The number of phenols is 1. The molecule has 0 saturated heterocycles. The smallest absolute Gasteiger partial charge is 0.290 e. The molecule has 1 N–H and O–H groups in total. The summed E-state index contributed by atoms with van der Waals surface area (Å²) in [5.74, 6) is 2.45. The second-order valence-corrected chi connectivity index (χ2v) is 4.73. The molecule has 1 amide bonds. The first kappa shape index (κ1) is 13.8. The second kappa shape index (κ2) is 5.68. The number of para-hydroxylation sites is 3. The summed E-state index contributed by atoms with van der Waals surface area (Å²) in [7, 11) is 0. The average Bonchev–Trinajstić information content (AvgIpc) is 2.82. The molecule has 2 aromatic carbocycles. The van der Waals surface area contributed by atoms with E-state index in [1.54, 1.807) is 37.3 Å². The van der Waals surface area contributed by atoms with Gasteiger partial charge in [0.05, 0.1) is 11.4 Å². The summed E-state index contributed by atoms with van der Waals surface area (Å²) in [6.45, 7) is 1.73. The zero-order valence-corrected chi connectivity index (χ0v) is 11.9. The number of carbonyl (C=O) groups is 1. The van der Waals surface area contributed by atoms with Gasteiger partial charge in [-0.3, -0.25) is 4.79 Å². The van der Waals surface area contributed by atoms with Gasteiger partial charge in [-0.15, -0.1) is 0 Å². The summed E-state index contributed by atoms with van der Waals surface area (Å²) in [6, 6.07) is 15.8. The van der Waals surface area contributed by atoms with Crippen molar-refractivity contribution in [3.63, 3.8) is 0 Å². The standard InChI is InChI=1S/C17H13N3O2/c1-12-14(11-18-15-9-5-6-10-16(15)21)17(22)20(19-12)13-7-3-2-4-8-13/h2-10,21H,1H3. The van der Waals surface area contributed by atoms with Gasteiger partial charge in [0, 0.05) is 5.87 Å². The lowest BCUT2D eigenvalue weighted by Gasteiger charge is -2.10. The Morgan fingerprint density at radius 1 is 1.09 bits per heavy atom. The van der Waals surface area contributed by atoms with Gasteiger partial charge in [-0.25, -0.2) is 4.99 Å². The molecule has 0 bridgehead atoms. The molecule has 0 aliphatic carbocycles. The maximum atomic E-state index is 12.4. The summed E-state index contributed by atoms with van der Waals surface area (Å²) >= 11 is 0. The summed E-state index contributed by atoms with van der Waals surface area (Å²) in [5, 5.41) is 15.2. The van der Waals surface area contributed by atoms with Crippen LogP contribution < -0.4 is 5.01 Å². The van der Waals surface area contributed by atoms with E-state index in [1.807, 2.05) is 18.2 Å². The lowest BCUT2D eigenvalue weighted by molar-refractivity contribution is -0.114. The Kier molecular flexibility index (Phi) is 3.56. The highest BCUT2D eigenvalue weighted by Crippen LogP contribution is 2.25. The molecule has 5 heteroatoms. The lowest BCUT2D eigenvalue weighted by Crippen LogP contribution is -2.21.